The number of carbonyl (C=O) groups is 4. The molecular formula is C32H37BrN4O6. The van der Waals surface area contributed by atoms with E-state index in [4.69, 9.17) is 4.74 Å². The SMILES string of the molecule is CC(C)CC(NC(=O)CNC(=O)Nc1cccc(C(C)C(=O)O)c1)c1ccccc1OCC(=O)N(C)c1cccc(Br)c1. The van der Waals surface area contributed by atoms with Crippen molar-refractivity contribution in [3.63, 3.8) is 0 Å². The van der Waals surface area contributed by atoms with Crippen LogP contribution in [0, 0.1) is 5.92 Å². The van der Waals surface area contributed by atoms with Crippen LogP contribution < -0.4 is 25.6 Å². The zero-order valence-corrected chi connectivity index (χ0v) is 26.2. The Labute approximate surface area is 259 Å². The standard InChI is InChI=1S/C32H37BrN4O6/c1-20(2)15-27(36-29(38)18-34-32(42)35-24-11-7-9-22(16-24)21(3)31(40)41)26-13-5-6-14-28(26)43-19-30(39)37(4)25-12-8-10-23(33)17-25/h5-14,16-17,20-21,27H,15,18-19H2,1-4H3,(H,36,38)(H,40,41)(H2,34,35,42). The summed E-state index contributed by atoms with van der Waals surface area (Å²) < 4.78 is 6.81. The minimum Gasteiger partial charge on any atom is -0.483 e. The number of carbonyl (C=O) groups excluding carboxylic acids is 3. The van der Waals surface area contributed by atoms with E-state index < -0.39 is 29.9 Å². The molecular weight excluding hydrogens is 616 g/mol. The van der Waals surface area contributed by atoms with Gasteiger partial charge in [-0.1, -0.05) is 66.2 Å². The molecule has 4 N–H and O–H groups in total. The zero-order chi connectivity index (χ0) is 31.5. The van der Waals surface area contributed by atoms with E-state index in [9.17, 15) is 24.3 Å². The van der Waals surface area contributed by atoms with E-state index >= 15 is 0 Å². The van der Waals surface area contributed by atoms with Crippen molar-refractivity contribution in [2.24, 2.45) is 5.92 Å². The van der Waals surface area contributed by atoms with Gasteiger partial charge < -0.3 is 30.7 Å². The number of benzene rings is 3. The van der Waals surface area contributed by atoms with E-state index in [0.717, 1.165) is 15.7 Å². The Morgan fingerprint density at radius 2 is 1.67 bits per heavy atom. The van der Waals surface area contributed by atoms with Gasteiger partial charge in [0.2, 0.25) is 5.91 Å². The quantitative estimate of drug-likeness (QED) is 0.187. The van der Waals surface area contributed by atoms with E-state index in [1.165, 1.54) is 4.90 Å². The average Bonchev–Trinajstić information content (AvgIpc) is 2.97. The fourth-order valence-corrected chi connectivity index (χ4v) is 4.70. The zero-order valence-electron chi connectivity index (χ0n) is 24.6. The number of anilines is 2. The molecule has 3 aromatic rings. The molecule has 0 spiro atoms. The number of urea groups is 1. The van der Waals surface area contributed by atoms with E-state index in [1.54, 1.807) is 50.4 Å². The van der Waals surface area contributed by atoms with Crippen LogP contribution >= 0.6 is 15.9 Å². The molecule has 0 aromatic heterocycles. The van der Waals surface area contributed by atoms with Crippen molar-refractivity contribution in [1.82, 2.24) is 10.6 Å². The lowest BCUT2D eigenvalue weighted by Crippen LogP contribution is -2.40. The number of ether oxygens (including phenoxy) is 1. The van der Waals surface area contributed by atoms with Crippen LogP contribution in [0.4, 0.5) is 16.2 Å². The summed E-state index contributed by atoms with van der Waals surface area (Å²) in [5, 5.41) is 17.4. The molecule has 0 fully saturated rings. The highest BCUT2D eigenvalue weighted by Gasteiger charge is 2.22. The van der Waals surface area contributed by atoms with Crippen LogP contribution in [-0.2, 0) is 14.4 Å². The molecule has 10 nitrogen and oxygen atoms in total. The molecule has 3 rings (SSSR count). The number of nitrogens with zero attached hydrogens (tertiary/aromatic N) is 1. The molecule has 0 radical (unpaired) electrons. The molecule has 0 bridgehead atoms. The number of halogens is 1. The summed E-state index contributed by atoms with van der Waals surface area (Å²) in [6.45, 7) is 5.14. The predicted octanol–water partition coefficient (Wildman–Crippen LogP) is 5.70. The van der Waals surface area contributed by atoms with Crippen LogP contribution in [0.15, 0.2) is 77.3 Å². The van der Waals surface area contributed by atoms with E-state index in [-0.39, 0.29) is 25.0 Å². The second kappa shape index (κ2) is 15.7. The lowest BCUT2D eigenvalue weighted by molar-refractivity contribution is -0.138. The van der Waals surface area contributed by atoms with Gasteiger partial charge in [-0.05, 0) is 61.2 Å². The maximum Gasteiger partial charge on any atom is 0.319 e. The van der Waals surface area contributed by atoms with Crippen LogP contribution in [0.1, 0.15) is 50.3 Å². The molecule has 4 amide bonds. The predicted molar refractivity (Wildman–Crippen MR) is 169 cm³/mol. The molecule has 2 atom stereocenters. The normalized spacial score (nSPS) is 12.1. The fourth-order valence-electron chi connectivity index (χ4n) is 4.31. The highest BCUT2D eigenvalue weighted by Crippen LogP contribution is 2.30. The van der Waals surface area contributed by atoms with E-state index in [1.807, 2.05) is 50.2 Å². The number of carboxylic acids is 1. The number of aliphatic carboxylic acids is 1. The molecule has 0 aliphatic carbocycles. The minimum absolute atomic E-state index is 0.198. The first-order chi connectivity index (χ1) is 20.4. The second-order valence-electron chi connectivity index (χ2n) is 10.5. The van der Waals surface area contributed by atoms with Crippen molar-refractivity contribution in [3.8, 4) is 5.75 Å². The fraction of sp³-hybridized carbons (Fsp3) is 0.312. The van der Waals surface area contributed by atoms with Gasteiger partial charge in [0.05, 0.1) is 18.5 Å². The summed E-state index contributed by atoms with van der Waals surface area (Å²) in [6.07, 6.45) is 0.596. The van der Waals surface area contributed by atoms with Crippen LogP contribution in [0.2, 0.25) is 0 Å². The van der Waals surface area contributed by atoms with Crippen LogP contribution in [0.5, 0.6) is 5.75 Å². The number of para-hydroxylation sites is 1. The molecule has 2 unspecified atom stereocenters. The highest BCUT2D eigenvalue weighted by atomic mass is 79.9. The molecule has 0 aliphatic rings. The Hall–Kier alpha value is -4.38. The molecule has 0 aliphatic heterocycles. The summed E-state index contributed by atoms with van der Waals surface area (Å²) in [6, 6.07) is 20.1. The van der Waals surface area contributed by atoms with Crippen LogP contribution in [0.25, 0.3) is 0 Å². The van der Waals surface area contributed by atoms with Crippen molar-refractivity contribution in [3.05, 3.63) is 88.4 Å². The highest BCUT2D eigenvalue weighted by molar-refractivity contribution is 9.10. The first-order valence-corrected chi connectivity index (χ1v) is 14.6. The summed E-state index contributed by atoms with van der Waals surface area (Å²) >= 11 is 3.42. The maximum atomic E-state index is 12.9. The molecule has 0 saturated heterocycles. The maximum absolute atomic E-state index is 12.9. The van der Waals surface area contributed by atoms with Crippen molar-refractivity contribution < 1.29 is 29.0 Å². The number of amides is 4. The third-order valence-electron chi connectivity index (χ3n) is 6.68. The number of nitrogens with one attached hydrogen (secondary N) is 3. The third-order valence-corrected chi connectivity index (χ3v) is 7.18. The summed E-state index contributed by atoms with van der Waals surface area (Å²) in [5.74, 6) is -1.65. The van der Waals surface area contributed by atoms with Gasteiger partial charge in [-0.15, -0.1) is 0 Å². The molecule has 3 aromatic carbocycles. The van der Waals surface area contributed by atoms with Crippen molar-refractivity contribution in [1.29, 1.82) is 0 Å². The lowest BCUT2D eigenvalue weighted by Gasteiger charge is -2.24. The molecule has 228 valence electrons. The van der Waals surface area contributed by atoms with Gasteiger partial charge in [-0.2, -0.15) is 0 Å². The monoisotopic (exact) mass is 652 g/mol. The summed E-state index contributed by atoms with van der Waals surface area (Å²) in [5.41, 5.74) is 2.39. The van der Waals surface area contributed by atoms with Crippen molar-refractivity contribution in [2.45, 2.75) is 39.2 Å². The third kappa shape index (κ3) is 10.1. The van der Waals surface area contributed by atoms with Crippen molar-refractivity contribution in [2.75, 3.05) is 30.4 Å². The molecule has 11 heteroatoms. The number of likely N-dealkylation sites (N-methyl/N-ethyl adjacent to an activating group) is 1. The molecule has 43 heavy (non-hydrogen) atoms. The van der Waals surface area contributed by atoms with Gasteiger partial charge in [0.25, 0.3) is 5.91 Å². The summed E-state index contributed by atoms with van der Waals surface area (Å²) in [4.78, 5) is 51.0. The number of rotatable bonds is 13. The number of hydrogen-bond donors (Lipinski definition) is 4. The van der Waals surface area contributed by atoms with E-state index in [2.05, 4.69) is 31.9 Å². The van der Waals surface area contributed by atoms with Crippen molar-refractivity contribution >= 4 is 51.1 Å². The first kappa shape index (κ1) is 33.1. The Morgan fingerprint density at radius 3 is 2.37 bits per heavy atom. The number of carboxylic acid groups (broad SMARTS) is 1. The van der Waals surface area contributed by atoms with Gasteiger partial charge in [-0.25, -0.2) is 4.79 Å². The van der Waals surface area contributed by atoms with Gasteiger partial charge in [-0.3, -0.25) is 14.4 Å². The Morgan fingerprint density at radius 1 is 0.953 bits per heavy atom. The average molecular weight is 654 g/mol. The van der Waals surface area contributed by atoms with Gasteiger partial charge in [0, 0.05) is 28.5 Å². The Kier molecular flexibility index (Phi) is 12.1. The van der Waals surface area contributed by atoms with E-state index in [0.29, 0.717) is 23.4 Å². The second-order valence-corrected chi connectivity index (χ2v) is 11.4. The number of hydrogen-bond acceptors (Lipinski definition) is 5. The largest absolute Gasteiger partial charge is 0.483 e. The van der Waals surface area contributed by atoms with Gasteiger partial charge >= 0.3 is 12.0 Å². The topological polar surface area (TPSA) is 137 Å². The lowest BCUT2D eigenvalue weighted by atomic mass is 9.96. The van der Waals surface area contributed by atoms with Gasteiger partial charge in [0.15, 0.2) is 6.61 Å². The minimum atomic E-state index is -0.972. The van der Waals surface area contributed by atoms with Gasteiger partial charge in [0.1, 0.15) is 5.75 Å². The summed E-state index contributed by atoms with van der Waals surface area (Å²) in [7, 11) is 1.68. The molecule has 0 saturated carbocycles. The Bertz CT molecular complexity index is 1450. The smallest absolute Gasteiger partial charge is 0.319 e. The van der Waals surface area contributed by atoms with Crippen LogP contribution in [-0.4, -0.2) is 49.1 Å². The Balaban J connectivity index is 1.62. The van der Waals surface area contributed by atoms with Crippen LogP contribution in [0.3, 0.4) is 0 Å². The molecule has 0 heterocycles. The first-order valence-electron chi connectivity index (χ1n) is 13.9.